The molecule has 0 aromatic carbocycles. The molecule has 0 aliphatic heterocycles. The molecule has 1 atom stereocenters. The fourth-order valence-corrected chi connectivity index (χ4v) is 1.00. The van der Waals surface area contributed by atoms with E-state index in [0.717, 1.165) is 6.42 Å². The van der Waals surface area contributed by atoms with Crippen LogP contribution in [0.3, 0.4) is 0 Å². The van der Waals surface area contributed by atoms with Crippen molar-refractivity contribution in [2.24, 2.45) is 5.92 Å². The predicted molar refractivity (Wildman–Crippen MR) is 47.5 cm³/mol. The van der Waals surface area contributed by atoms with E-state index in [1.807, 2.05) is 24.3 Å². The lowest BCUT2D eigenvalue weighted by molar-refractivity contribution is -0.145. The summed E-state index contributed by atoms with van der Waals surface area (Å²) in [6, 6.07) is 0. The third-order valence-corrected chi connectivity index (χ3v) is 1.63. The third-order valence-electron chi connectivity index (χ3n) is 1.63. The molecule has 1 unspecified atom stereocenters. The molecule has 0 amide bonds. The molecule has 1 aliphatic carbocycles. The van der Waals surface area contributed by atoms with Crippen molar-refractivity contribution in [3.63, 3.8) is 0 Å². The van der Waals surface area contributed by atoms with E-state index in [4.69, 9.17) is 4.74 Å². The second-order valence-electron chi connectivity index (χ2n) is 2.57. The summed E-state index contributed by atoms with van der Waals surface area (Å²) < 4.78 is 4.89. The van der Waals surface area contributed by atoms with Crippen molar-refractivity contribution < 1.29 is 9.53 Å². The minimum atomic E-state index is -0.171. The Balaban J connectivity index is 2.37. The number of carbonyl (C=O) groups is 1. The fraction of sp³-hybridized carbons (Fsp3) is 0.300. The lowest BCUT2D eigenvalue weighted by Gasteiger charge is -2.10. The zero-order chi connectivity index (χ0) is 8.81. The molecule has 0 fully saturated rings. The van der Waals surface area contributed by atoms with Crippen LogP contribution in [0.25, 0.3) is 0 Å². The minimum Gasteiger partial charge on any atom is -0.461 e. The van der Waals surface area contributed by atoms with Gasteiger partial charge in [-0.3, -0.25) is 4.79 Å². The summed E-state index contributed by atoms with van der Waals surface area (Å²) in [5.41, 5.74) is 0. The Morgan fingerprint density at radius 3 is 3.08 bits per heavy atom. The highest BCUT2D eigenvalue weighted by Gasteiger charge is 2.15. The van der Waals surface area contributed by atoms with Gasteiger partial charge in [0.1, 0.15) is 6.61 Å². The molecule has 0 radical (unpaired) electrons. The van der Waals surface area contributed by atoms with Gasteiger partial charge in [0.2, 0.25) is 0 Å². The van der Waals surface area contributed by atoms with E-state index in [9.17, 15) is 4.79 Å². The molecule has 0 saturated heterocycles. The quantitative estimate of drug-likeness (QED) is 0.470. The number of esters is 1. The van der Waals surface area contributed by atoms with E-state index in [1.54, 1.807) is 6.08 Å². The van der Waals surface area contributed by atoms with Crippen molar-refractivity contribution in [3.8, 4) is 0 Å². The monoisotopic (exact) mass is 164 g/mol. The van der Waals surface area contributed by atoms with Crippen LogP contribution in [-0.4, -0.2) is 12.6 Å². The highest BCUT2D eigenvalue weighted by atomic mass is 16.5. The molecule has 2 heteroatoms. The van der Waals surface area contributed by atoms with Crippen LogP contribution in [0.15, 0.2) is 37.0 Å². The Labute approximate surface area is 72.2 Å². The Hall–Kier alpha value is -1.31. The lowest BCUT2D eigenvalue weighted by atomic mass is 10.0. The van der Waals surface area contributed by atoms with Crippen LogP contribution in [0.5, 0.6) is 0 Å². The molecule has 0 aromatic heterocycles. The fourth-order valence-electron chi connectivity index (χ4n) is 1.00. The smallest absolute Gasteiger partial charge is 0.313 e. The Kier molecular flexibility index (Phi) is 3.33. The van der Waals surface area contributed by atoms with E-state index in [2.05, 4.69) is 6.58 Å². The first kappa shape index (κ1) is 8.78. The molecular formula is C10H12O2. The van der Waals surface area contributed by atoms with Gasteiger partial charge < -0.3 is 4.74 Å². The summed E-state index contributed by atoms with van der Waals surface area (Å²) in [5, 5.41) is 0. The van der Waals surface area contributed by atoms with E-state index in [0.29, 0.717) is 6.61 Å². The van der Waals surface area contributed by atoms with Crippen molar-refractivity contribution in [2.75, 3.05) is 6.61 Å². The molecule has 0 saturated carbocycles. The normalized spacial score (nSPS) is 20.5. The number of rotatable bonds is 3. The van der Waals surface area contributed by atoms with Gasteiger partial charge in [0, 0.05) is 0 Å². The summed E-state index contributed by atoms with van der Waals surface area (Å²) in [5.74, 6) is -0.273. The SMILES string of the molecule is C=CCOC(=O)C1C=CC=CC1. The molecule has 0 N–H and O–H groups in total. The van der Waals surface area contributed by atoms with Crippen LogP contribution in [0.1, 0.15) is 6.42 Å². The molecule has 0 spiro atoms. The summed E-state index contributed by atoms with van der Waals surface area (Å²) in [4.78, 5) is 11.2. The zero-order valence-electron chi connectivity index (χ0n) is 6.90. The van der Waals surface area contributed by atoms with Crippen LogP contribution in [0, 0.1) is 5.92 Å². The molecule has 0 aromatic rings. The van der Waals surface area contributed by atoms with Crippen molar-refractivity contribution in [1.82, 2.24) is 0 Å². The van der Waals surface area contributed by atoms with Crippen LogP contribution in [-0.2, 0) is 9.53 Å². The number of allylic oxidation sites excluding steroid dienone is 3. The Bertz CT molecular complexity index is 226. The summed E-state index contributed by atoms with van der Waals surface area (Å²) in [6.07, 6.45) is 9.92. The molecule has 0 heterocycles. The van der Waals surface area contributed by atoms with Crippen molar-refractivity contribution in [1.29, 1.82) is 0 Å². The second kappa shape index (κ2) is 4.54. The molecule has 64 valence electrons. The summed E-state index contributed by atoms with van der Waals surface area (Å²) in [7, 11) is 0. The molecular weight excluding hydrogens is 152 g/mol. The largest absolute Gasteiger partial charge is 0.461 e. The first-order valence-electron chi connectivity index (χ1n) is 3.95. The first-order valence-corrected chi connectivity index (χ1v) is 3.95. The van der Waals surface area contributed by atoms with Gasteiger partial charge >= 0.3 is 5.97 Å². The van der Waals surface area contributed by atoms with Gasteiger partial charge in [-0.25, -0.2) is 0 Å². The van der Waals surface area contributed by atoms with Crippen LogP contribution in [0.2, 0.25) is 0 Å². The average molecular weight is 164 g/mol. The second-order valence-corrected chi connectivity index (χ2v) is 2.57. The van der Waals surface area contributed by atoms with Crippen molar-refractivity contribution in [3.05, 3.63) is 37.0 Å². The number of hydrogen-bond donors (Lipinski definition) is 0. The molecule has 0 bridgehead atoms. The van der Waals surface area contributed by atoms with Gasteiger partial charge in [-0.05, 0) is 6.42 Å². The van der Waals surface area contributed by atoms with E-state index >= 15 is 0 Å². The first-order chi connectivity index (χ1) is 5.84. The predicted octanol–water partition coefficient (Wildman–Crippen LogP) is 1.85. The van der Waals surface area contributed by atoms with Gasteiger partial charge in [-0.15, -0.1) is 0 Å². The van der Waals surface area contributed by atoms with E-state index in [1.165, 1.54) is 0 Å². The zero-order valence-corrected chi connectivity index (χ0v) is 6.90. The summed E-state index contributed by atoms with van der Waals surface area (Å²) >= 11 is 0. The highest BCUT2D eigenvalue weighted by molar-refractivity contribution is 5.75. The van der Waals surface area contributed by atoms with Gasteiger partial charge in [0.25, 0.3) is 0 Å². The maximum absolute atomic E-state index is 11.2. The number of hydrogen-bond acceptors (Lipinski definition) is 2. The Morgan fingerprint density at radius 1 is 1.67 bits per heavy atom. The summed E-state index contributed by atoms with van der Waals surface area (Å²) in [6.45, 7) is 3.77. The molecule has 1 rings (SSSR count). The average Bonchev–Trinajstić information content (AvgIpc) is 2.15. The van der Waals surface area contributed by atoms with Crippen LogP contribution >= 0.6 is 0 Å². The molecule has 12 heavy (non-hydrogen) atoms. The molecule has 1 aliphatic rings. The van der Waals surface area contributed by atoms with E-state index < -0.39 is 0 Å². The number of ether oxygens (including phenoxy) is 1. The van der Waals surface area contributed by atoms with Gasteiger partial charge in [0.15, 0.2) is 0 Å². The van der Waals surface area contributed by atoms with Crippen LogP contribution < -0.4 is 0 Å². The maximum Gasteiger partial charge on any atom is 0.313 e. The Morgan fingerprint density at radius 2 is 2.50 bits per heavy atom. The van der Waals surface area contributed by atoms with E-state index in [-0.39, 0.29) is 11.9 Å². The number of carbonyl (C=O) groups excluding carboxylic acids is 1. The minimum absolute atomic E-state index is 0.102. The third kappa shape index (κ3) is 2.38. The van der Waals surface area contributed by atoms with Crippen LogP contribution in [0.4, 0.5) is 0 Å². The van der Waals surface area contributed by atoms with Crippen molar-refractivity contribution in [2.45, 2.75) is 6.42 Å². The lowest BCUT2D eigenvalue weighted by Crippen LogP contribution is -2.16. The molecule has 2 nitrogen and oxygen atoms in total. The van der Waals surface area contributed by atoms with Gasteiger partial charge in [-0.1, -0.05) is 37.0 Å². The maximum atomic E-state index is 11.2. The highest BCUT2D eigenvalue weighted by Crippen LogP contribution is 2.12. The van der Waals surface area contributed by atoms with Gasteiger partial charge in [-0.2, -0.15) is 0 Å². The van der Waals surface area contributed by atoms with Gasteiger partial charge in [0.05, 0.1) is 5.92 Å². The standard InChI is InChI=1S/C10H12O2/c1-2-8-12-10(11)9-6-4-3-5-7-9/h2-6,9H,1,7-8H2. The topological polar surface area (TPSA) is 26.3 Å². The van der Waals surface area contributed by atoms with Crippen molar-refractivity contribution >= 4 is 5.97 Å².